The number of hydrogen-bond donors (Lipinski definition) is 0. The number of carbonyl (C=O) groups is 2. The first-order valence-corrected chi connectivity index (χ1v) is 12.0. The highest BCUT2D eigenvalue weighted by atomic mass is 35.5. The average Bonchev–Trinajstić information content (AvgIpc) is 3.33. The SMILES string of the molecule is CCc1nn(-c2ccc(Cl)cc2)c([O-])c1C1=C([n+]2cccc(C)c2)C(=O)N(Cc2ccc(F)cc2)C1=O. The molecule has 7 nitrogen and oxygen atoms in total. The Morgan fingerprint density at radius 1 is 1.03 bits per heavy atom. The zero-order valence-corrected chi connectivity index (χ0v) is 20.9. The molecule has 1 aliphatic heterocycles. The van der Waals surface area contributed by atoms with Crippen molar-refractivity contribution in [3.05, 3.63) is 106 Å². The minimum atomic E-state index is -0.610. The summed E-state index contributed by atoms with van der Waals surface area (Å²) in [6.45, 7) is 3.62. The van der Waals surface area contributed by atoms with Gasteiger partial charge in [-0.25, -0.2) is 9.07 Å². The van der Waals surface area contributed by atoms with E-state index >= 15 is 0 Å². The smallest absolute Gasteiger partial charge is 0.327 e. The number of halogens is 2. The lowest BCUT2D eigenvalue weighted by atomic mass is 10.0. The Morgan fingerprint density at radius 3 is 2.38 bits per heavy atom. The zero-order valence-electron chi connectivity index (χ0n) is 20.1. The van der Waals surface area contributed by atoms with Gasteiger partial charge in [-0.2, -0.15) is 9.67 Å². The Kier molecular flexibility index (Phi) is 6.35. The maximum atomic E-state index is 13.8. The van der Waals surface area contributed by atoms with Crippen LogP contribution in [0.2, 0.25) is 5.02 Å². The minimum Gasteiger partial charge on any atom is -0.858 e. The van der Waals surface area contributed by atoms with Crippen LogP contribution in [0.1, 0.15) is 29.3 Å². The van der Waals surface area contributed by atoms with Gasteiger partial charge in [0.25, 0.3) is 11.6 Å². The number of aromatic nitrogens is 3. The van der Waals surface area contributed by atoms with Gasteiger partial charge in [-0.3, -0.25) is 14.5 Å². The molecule has 0 radical (unpaired) electrons. The molecule has 0 unspecified atom stereocenters. The Balaban J connectivity index is 1.69. The second-order valence-corrected chi connectivity index (χ2v) is 9.14. The molecule has 0 saturated heterocycles. The van der Waals surface area contributed by atoms with E-state index in [0.717, 1.165) is 10.5 Å². The van der Waals surface area contributed by atoms with Gasteiger partial charge in [0, 0.05) is 22.2 Å². The Hall–Kier alpha value is -4.30. The van der Waals surface area contributed by atoms with Crippen molar-refractivity contribution in [3.8, 4) is 11.6 Å². The molecule has 9 heteroatoms. The van der Waals surface area contributed by atoms with E-state index < -0.39 is 23.5 Å². The molecule has 0 aliphatic carbocycles. The second-order valence-electron chi connectivity index (χ2n) is 8.70. The summed E-state index contributed by atoms with van der Waals surface area (Å²) in [4.78, 5) is 28.6. The molecule has 2 aromatic carbocycles. The fraction of sp³-hybridized carbons (Fsp3) is 0.143. The highest BCUT2D eigenvalue weighted by Crippen LogP contribution is 2.37. The van der Waals surface area contributed by atoms with Gasteiger partial charge >= 0.3 is 5.91 Å². The van der Waals surface area contributed by atoms with Crippen molar-refractivity contribution >= 4 is 34.7 Å². The lowest BCUT2D eigenvalue weighted by Gasteiger charge is -2.15. The number of hydrogen-bond acceptors (Lipinski definition) is 4. The molecule has 3 heterocycles. The highest BCUT2D eigenvalue weighted by Gasteiger charge is 2.46. The van der Waals surface area contributed by atoms with E-state index in [-0.39, 0.29) is 23.4 Å². The van der Waals surface area contributed by atoms with Gasteiger partial charge in [0.05, 0.1) is 17.9 Å². The fourth-order valence-corrected chi connectivity index (χ4v) is 4.50. The predicted molar refractivity (Wildman–Crippen MR) is 134 cm³/mol. The average molecular weight is 517 g/mol. The molecule has 2 aromatic heterocycles. The molecule has 0 N–H and O–H groups in total. The number of pyridine rings is 1. The summed E-state index contributed by atoms with van der Waals surface area (Å²) in [6, 6.07) is 15.8. The van der Waals surface area contributed by atoms with Crippen molar-refractivity contribution in [2.24, 2.45) is 0 Å². The molecule has 0 atom stereocenters. The third kappa shape index (κ3) is 4.40. The first-order valence-electron chi connectivity index (χ1n) is 11.7. The van der Waals surface area contributed by atoms with E-state index in [1.165, 1.54) is 28.9 Å². The number of imide groups is 1. The van der Waals surface area contributed by atoms with Crippen LogP contribution in [-0.2, 0) is 22.6 Å². The molecule has 4 aromatic rings. The number of carbonyl (C=O) groups excluding carboxylic acids is 2. The van der Waals surface area contributed by atoms with Gasteiger partial charge in [-0.15, -0.1) is 0 Å². The maximum absolute atomic E-state index is 13.8. The van der Waals surface area contributed by atoms with Crippen LogP contribution < -0.4 is 9.67 Å². The van der Waals surface area contributed by atoms with Gasteiger partial charge in [0.1, 0.15) is 11.4 Å². The van der Waals surface area contributed by atoms with Gasteiger partial charge < -0.3 is 5.11 Å². The summed E-state index contributed by atoms with van der Waals surface area (Å²) in [5, 5.41) is 18.7. The third-order valence-corrected chi connectivity index (χ3v) is 6.43. The second kappa shape index (κ2) is 9.63. The van der Waals surface area contributed by atoms with Gasteiger partial charge in [0.15, 0.2) is 12.4 Å². The Labute approximate surface area is 217 Å². The van der Waals surface area contributed by atoms with Crippen molar-refractivity contribution in [2.75, 3.05) is 0 Å². The maximum Gasteiger partial charge on any atom is 0.327 e. The fourth-order valence-electron chi connectivity index (χ4n) is 4.38. The van der Waals surface area contributed by atoms with Crippen molar-refractivity contribution in [1.82, 2.24) is 14.7 Å². The number of amides is 2. The van der Waals surface area contributed by atoms with Crippen LogP contribution in [0.25, 0.3) is 17.0 Å². The molecular formula is C28H22ClFN4O3. The summed E-state index contributed by atoms with van der Waals surface area (Å²) >= 11 is 6.01. The molecule has 186 valence electrons. The monoisotopic (exact) mass is 516 g/mol. The van der Waals surface area contributed by atoms with Crippen molar-refractivity contribution in [2.45, 2.75) is 26.8 Å². The molecule has 0 fully saturated rings. The van der Waals surface area contributed by atoms with E-state index in [1.807, 2.05) is 19.9 Å². The first-order chi connectivity index (χ1) is 17.8. The van der Waals surface area contributed by atoms with Gasteiger partial charge in [-0.1, -0.05) is 30.7 Å². The Morgan fingerprint density at radius 2 is 1.73 bits per heavy atom. The molecule has 37 heavy (non-hydrogen) atoms. The highest BCUT2D eigenvalue weighted by molar-refractivity contribution is 6.44. The number of benzene rings is 2. The Bertz CT molecular complexity index is 1560. The first kappa shape index (κ1) is 24.4. The largest absolute Gasteiger partial charge is 0.858 e. The van der Waals surface area contributed by atoms with Crippen LogP contribution in [-0.4, -0.2) is 26.5 Å². The summed E-state index contributed by atoms with van der Waals surface area (Å²) in [5.41, 5.74) is 2.46. The van der Waals surface area contributed by atoms with E-state index in [2.05, 4.69) is 5.10 Å². The lowest BCUT2D eigenvalue weighted by Crippen LogP contribution is -2.39. The summed E-state index contributed by atoms with van der Waals surface area (Å²) in [7, 11) is 0. The van der Waals surface area contributed by atoms with E-state index in [4.69, 9.17) is 11.6 Å². The summed E-state index contributed by atoms with van der Waals surface area (Å²) in [6.07, 6.45) is 3.75. The molecular weight excluding hydrogens is 495 g/mol. The van der Waals surface area contributed by atoms with Crippen LogP contribution in [0.4, 0.5) is 4.39 Å². The van der Waals surface area contributed by atoms with Gasteiger partial charge in [-0.05, 0) is 67.3 Å². The lowest BCUT2D eigenvalue weighted by molar-refractivity contribution is -0.577. The zero-order chi connectivity index (χ0) is 26.3. The van der Waals surface area contributed by atoms with Crippen LogP contribution in [0.15, 0.2) is 73.1 Å². The third-order valence-electron chi connectivity index (χ3n) is 6.18. The predicted octanol–water partition coefficient (Wildman–Crippen LogP) is 3.83. The van der Waals surface area contributed by atoms with Crippen LogP contribution in [0, 0.1) is 12.7 Å². The van der Waals surface area contributed by atoms with E-state index in [9.17, 15) is 19.1 Å². The molecule has 2 amide bonds. The molecule has 0 bridgehead atoms. The molecule has 5 rings (SSSR count). The van der Waals surface area contributed by atoms with Crippen LogP contribution in [0.3, 0.4) is 0 Å². The summed E-state index contributed by atoms with van der Waals surface area (Å²) in [5.74, 6) is -2.10. The van der Waals surface area contributed by atoms with Crippen molar-refractivity contribution < 1.29 is 23.7 Å². The number of rotatable bonds is 6. The van der Waals surface area contributed by atoms with Crippen molar-refractivity contribution in [3.63, 3.8) is 0 Å². The number of nitrogens with zero attached hydrogens (tertiary/aromatic N) is 4. The van der Waals surface area contributed by atoms with E-state index in [0.29, 0.717) is 28.4 Å². The quantitative estimate of drug-likeness (QED) is 0.288. The normalized spacial score (nSPS) is 13.7. The topological polar surface area (TPSA) is 82.1 Å². The van der Waals surface area contributed by atoms with Crippen LogP contribution >= 0.6 is 11.6 Å². The number of aryl methyl sites for hydroxylation is 2. The van der Waals surface area contributed by atoms with Crippen molar-refractivity contribution in [1.29, 1.82) is 0 Å². The molecule has 0 saturated carbocycles. The van der Waals surface area contributed by atoms with E-state index in [1.54, 1.807) is 47.3 Å². The van der Waals surface area contributed by atoms with Gasteiger partial charge in [0.2, 0.25) is 0 Å². The summed E-state index contributed by atoms with van der Waals surface area (Å²) < 4.78 is 16.2. The standard InChI is InChI=1S/C28H22ClFN4O3/c1-3-22-23(27(36)34(31-22)21-12-8-19(29)9-13-21)24-25(32-14-4-5-17(2)15-32)28(37)33(26(24)35)16-18-6-10-20(30)11-7-18/h4-15H,3,16H2,1-2H3. The minimum absolute atomic E-state index is 0.00947. The molecule has 0 spiro atoms. The van der Waals surface area contributed by atoms with Crippen LogP contribution in [0.5, 0.6) is 5.88 Å². The molecule has 1 aliphatic rings.